The quantitative estimate of drug-likeness (QED) is 0.692. The Hall–Kier alpha value is -2.44. The lowest BCUT2D eigenvalue weighted by Crippen LogP contribution is -2.30. The summed E-state index contributed by atoms with van der Waals surface area (Å²) in [6, 6.07) is 5.21. The predicted octanol–water partition coefficient (Wildman–Crippen LogP) is 2.98. The molecule has 0 saturated heterocycles. The Labute approximate surface area is 133 Å². The first-order valence-electron chi connectivity index (χ1n) is 8.02. The normalized spacial score (nSPS) is 21.3. The maximum Gasteiger partial charge on any atom is 0.376 e. The molecule has 0 aromatic carbocycles. The first-order valence-corrected chi connectivity index (χ1v) is 8.02. The summed E-state index contributed by atoms with van der Waals surface area (Å²) in [5.41, 5.74) is -0.716. The van der Waals surface area contributed by atoms with E-state index >= 15 is 0 Å². The van der Waals surface area contributed by atoms with Crippen molar-refractivity contribution in [2.45, 2.75) is 45.1 Å². The molecule has 2 aromatic rings. The molecule has 2 aromatic heterocycles. The molecule has 3 rings (SSSR count). The Morgan fingerprint density at radius 2 is 2.26 bits per heavy atom. The molecule has 1 fully saturated rings. The maximum atomic E-state index is 12.4. The average Bonchev–Trinajstić information content (AvgIpc) is 2.55. The lowest BCUT2D eigenvalue weighted by molar-refractivity contribution is -0.385. The highest BCUT2D eigenvalue weighted by Crippen LogP contribution is 2.30. The second-order valence-electron chi connectivity index (χ2n) is 6.08. The Kier molecular flexibility index (Phi) is 4.27. The Morgan fingerprint density at radius 1 is 1.43 bits per heavy atom. The van der Waals surface area contributed by atoms with E-state index in [1.165, 1.54) is 17.0 Å². The number of nitrogens with one attached hydrogen (secondary N) is 1. The summed E-state index contributed by atoms with van der Waals surface area (Å²) in [6.07, 6.45) is 6.80. The highest BCUT2D eigenvalue weighted by atomic mass is 16.6. The molecule has 0 amide bonds. The van der Waals surface area contributed by atoms with Gasteiger partial charge in [0.1, 0.15) is 5.65 Å². The molecule has 1 aliphatic rings. The molecule has 1 saturated carbocycles. The summed E-state index contributed by atoms with van der Waals surface area (Å²) in [5.74, 6) is 0.717. The molecule has 0 spiro atoms. The Bertz CT molecular complexity index is 786. The largest absolute Gasteiger partial charge is 0.376 e. The van der Waals surface area contributed by atoms with Crippen LogP contribution >= 0.6 is 0 Å². The van der Waals surface area contributed by atoms with E-state index in [0.717, 1.165) is 25.7 Å². The van der Waals surface area contributed by atoms with Gasteiger partial charge in [-0.3, -0.25) is 19.3 Å². The van der Waals surface area contributed by atoms with Crippen LogP contribution in [-0.2, 0) is 0 Å². The zero-order valence-electron chi connectivity index (χ0n) is 13.1. The average molecular weight is 316 g/mol. The van der Waals surface area contributed by atoms with Crippen LogP contribution in [0.2, 0.25) is 0 Å². The number of nitro groups is 1. The van der Waals surface area contributed by atoms with Gasteiger partial charge in [-0.05, 0) is 30.9 Å². The van der Waals surface area contributed by atoms with E-state index in [9.17, 15) is 14.9 Å². The van der Waals surface area contributed by atoms with Gasteiger partial charge < -0.3 is 5.32 Å². The molecule has 7 nitrogen and oxygen atoms in total. The molecule has 7 heteroatoms. The minimum Gasteiger partial charge on any atom is -0.361 e. The van der Waals surface area contributed by atoms with E-state index < -0.39 is 16.2 Å². The molecule has 0 aliphatic heterocycles. The lowest BCUT2D eigenvalue weighted by atomic mass is 9.84. The number of pyridine rings is 1. The number of rotatable bonds is 4. The van der Waals surface area contributed by atoms with Crippen LogP contribution in [0.5, 0.6) is 0 Å². The minimum absolute atomic E-state index is 0.0907. The van der Waals surface area contributed by atoms with Gasteiger partial charge in [0.25, 0.3) is 0 Å². The third-order valence-corrected chi connectivity index (χ3v) is 4.59. The number of aromatic nitrogens is 2. The fourth-order valence-corrected chi connectivity index (χ4v) is 3.33. The monoisotopic (exact) mass is 316 g/mol. The molecule has 23 heavy (non-hydrogen) atoms. The molecule has 2 heterocycles. The molecule has 122 valence electrons. The second-order valence-corrected chi connectivity index (χ2v) is 6.08. The fourth-order valence-electron chi connectivity index (χ4n) is 3.33. The standard InChI is InChI=1S/C16H20N4O3/c1-2-11-6-5-7-12(10-11)17-15-14(20(22)23)16(21)19-9-4-3-8-13(19)18-15/h3-4,8-9,11-12,17H,2,5-7,10H2,1H3. The van der Waals surface area contributed by atoms with Gasteiger partial charge >= 0.3 is 11.2 Å². The smallest absolute Gasteiger partial charge is 0.361 e. The highest BCUT2D eigenvalue weighted by Gasteiger charge is 2.27. The molecule has 2 atom stereocenters. The van der Waals surface area contributed by atoms with Gasteiger partial charge in [-0.15, -0.1) is 0 Å². The SMILES string of the molecule is CCC1CCCC(Nc2nc3ccccn3c(=O)c2[N+](=O)[O-])C1. The zero-order valence-corrected chi connectivity index (χ0v) is 13.1. The molecule has 1 N–H and O–H groups in total. The number of nitrogens with zero attached hydrogens (tertiary/aromatic N) is 3. The van der Waals surface area contributed by atoms with Crippen LogP contribution < -0.4 is 10.9 Å². The van der Waals surface area contributed by atoms with Crippen molar-refractivity contribution in [1.29, 1.82) is 0 Å². The first kappa shape index (κ1) is 15.5. The summed E-state index contributed by atoms with van der Waals surface area (Å²) in [4.78, 5) is 27.4. The van der Waals surface area contributed by atoms with Crippen LogP contribution in [-0.4, -0.2) is 20.3 Å². The maximum absolute atomic E-state index is 12.4. The summed E-state index contributed by atoms with van der Waals surface area (Å²) >= 11 is 0. The van der Waals surface area contributed by atoms with Crippen LogP contribution in [0.1, 0.15) is 39.0 Å². The van der Waals surface area contributed by atoms with Gasteiger partial charge in [-0.1, -0.05) is 32.3 Å². The Balaban J connectivity index is 2.00. The van der Waals surface area contributed by atoms with Gasteiger partial charge in [0.15, 0.2) is 0 Å². The van der Waals surface area contributed by atoms with E-state index in [1.807, 2.05) is 0 Å². The molecular weight excluding hydrogens is 296 g/mol. The lowest BCUT2D eigenvalue weighted by Gasteiger charge is -2.29. The number of hydrogen-bond donors (Lipinski definition) is 1. The van der Waals surface area contributed by atoms with Crippen molar-refractivity contribution in [3.63, 3.8) is 0 Å². The molecule has 1 aliphatic carbocycles. The topological polar surface area (TPSA) is 89.5 Å². The number of hydrogen-bond acceptors (Lipinski definition) is 5. The van der Waals surface area contributed by atoms with Crippen molar-refractivity contribution < 1.29 is 4.92 Å². The third-order valence-electron chi connectivity index (χ3n) is 4.59. The van der Waals surface area contributed by atoms with Crippen molar-refractivity contribution >= 4 is 17.2 Å². The van der Waals surface area contributed by atoms with Crippen LogP contribution in [0.3, 0.4) is 0 Å². The van der Waals surface area contributed by atoms with E-state index in [0.29, 0.717) is 11.6 Å². The minimum atomic E-state index is -0.647. The van der Waals surface area contributed by atoms with Gasteiger partial charge in [0.2, 0.25) is 5.82 Å². The van der Waals surface area contributed by atoms with Crippen molar-refractivity contribution in [1.82, 2.24) is 9.38 Å². The second kappa shape index (κ2) is 6.36. The van der Waals surface area contributed by atoms with Crippen LogP contribution in [0.4, 0.5) is 11.5 Å². The molecule has 0 bridgehead atoms. The van der Waals surface area contributed by atoms with Crippen molar-refractivity contribution in [2.75, 3.05) is 5.32 Å². The highest BCUT2D eigenvalue weighted by molar-refractivity contribution is 5.60. The Morgan fingerprint density at radius 3 is 3.00 bits per heavy atom. The summed E-state index contributed by atoms with van der Waals surface area (Å²) in [7, 11) is 0. The number of anilines is 1. The molecule has 2 unspecified atom stereocenters. The summed E-state index contributed by atoms with van der Waals surface area (Å²) in [5, 5.41) is 14.5. The summed E-state index contributed by atoms with van der Waals surface area (Å²) < 4.78 is 1.21. The van der Waals surface area contributed by atoms with Crippen molar-refractivity contribution in [3.05, 3.63) is 44.9 Å². The fraction of sp³-hybridized carbons (Fsp3) is 0.500. The van der Waals surface area contributed by atoms with E-state index in [1.54, 1.807) is 18.2 Å². The van der Waals surface area contributed by atoms with Gasteiger partial charge in [-0.25, -0.2) is 4.98 Å². The van der Waals surface area contributed by atoms with Crippen LogP contribution in [0.15, 0.2) is 29.2 Å². The van der Waals surface area contributed by atoms with Crippen LogP contribution in [0.25, 0.3) is 5.65 Å². The molecule has 0 radical (unpaired) electrons. The summed E-state index contributed by atoms with van der Waals surface area (Å²) in [6.45, 7) is 2.16. The van der Waals surface area contributed by atoms with E-state index in [4.69, 9.17) is 0 Å². The van der Waals surface area contributed by atoms with Crippen molar-refractivity contribution in [2.24, 2.45) is 5.92 Å². The first-order chi connectivity index (χ1) is 11.1. The molecular formula is C16H20N4O3. The third kappa shape index (κ3) is 3.04. The zero-order chi connectivity index (χ0) is 16.4. The van der Waals surface area contributed by atoms with Gasteiger partial charge in [-0.2, -0.15) is 0 Å². The van der Waals surface area contributed by atoms with Crippen LogP contribution in [0, 0.1) is 16.0 Å². The predicted molar refractivity (Wildman–Crippen MR) is 87.8 cm³/mol. The number of fused-ring (bicyclic) bond motifs is 1. The van der Waals surface area contributed by atoms with Gasteiger partial charge in [0, 0.05) is 12.2 Å². The van der Waals surface area contributed by atoms with Crippen molar-refractivity contribution in [3.8, 4) is 0 Å². The van der Waals surface area contributed by atoms with E-state index in [-0.39, 0.29) is 11.9 Å². The van der Waals surface area contributed by atoms with E-state index in [2.05, 4.69) is 17.2 Å². The van der Waals surface area contributed by atoms with Gasteiger partial charge in [0.05, 0.1) is 4.92 Å².